The molecule has 6 heteroatoms. The first kappa shape index (κ1) is 19.1. The first-order valence-electron chi connectivity index (χ1n) is 10.2. The van der Waals surface area contributed by atoms with E-state index >= 15 is 0 Å². The molecule has 0 fully saturated rings. The van der Waals surface area contributed by atoms with Gasteiger partial charge in [-0.2, -0.15) is 0 Å². The Hall–Kier alpha value is -3.93. The van der Waals surface area contributed by atoms with Gasteiger partial charge in [0.2, 0.25) is 0 Å². The molecule has 5 rings (SSSR count). The number of para-hydroxylation sites is 1. The van der Waals surface area contributed by atoms with Crippen LogP contribution in [0, 0.1) is 0 Å². The van der Waals surface area contributed by atoms with Crippen LogP contribution in [0.3, 0.4) is 0 Å². The van der Waals surface area contributed by atoms with Crippen LogP contribution in [0.4, 0.5) is 0 Å². The molecule has 0 aliphatic carbocycles. The number of hydrogen-bond acceptors (Lipinski definition) is 4. The minimum absolute atomic E-state index is 0.169. The van der Waals surface area contributed by atoms with Crippen LogP contribution in [0.1, 0.15) is 54.7 Å². The van der Waals surface area contributed by atoms with Gasteiger partial charge in [-0.1, -0.05) is 48.5 Å². The second kappa shape index (κ2) is 7.72. The van der Waals surface area contributed by atoms with Crippen LogP contribution in [-0.4, -0.2) is 29.2 Å². The van der Waals surface area contributed by atoms with Gasteiger partial charge < -0.3 is 10.1 Å². The molecule has 154 valence electrons. The molecule has 3 aromatic rings. The minimum Gasteiger partial charge on any atom is -0.493 e. The Morgan fingerprint density at radius 1 is 0.935 bits per heavy atom. The Kier molecular flexibility index (Phi) is 4.75. The van der Waals surface area contributed by atoms with Crippen molar-refractivity contribution in [2.75, 3.05) is 6.61 Å². The largest absolute Gasteiger partial charge is 0.493 e. The monoisotopic (exact) mass is 412 g/mol. The second-order valence-corrected chi connectivity index (χ2v) is 7.64. The van der Waals surface area contributed by atoms with Crippen LogP contribution in [-0.2, 0) is 6.54 Å². The molecule has 2 aliphatic heterocycles. The number of carbonyl (C=O) groups excluding carboxylic acids is 3. The number of nitrogens with zero attached hydrogens (tertiary/aromatic N) is 1. The summed E-state index contributed by atoms with van der Waals surface area (Å²) >= 11 is 0. The summed E-state index contributed by atoms with van der Waals surface area (Å²) in [4.78, 5) is 39.8. The van der Waals surface area contributed by atoms with Gasteiger partial charge in [0.25, 0.3) is 17.7 Å². The van der Waals surface area contributed by atoms with Crippen molar-refractivity contribution >= 4 is 17.7 Å². The van der Waals surface area contributed by atoms with Gasteiger partial charge >= 0.3 is 0 Å². The number of benzene rings is 3. The molecule has 0 saturated carbocycles. The maximum absolute atomic E-state index is 12.9. The third-order valence-corrected chi connectivity index (χ3v) is 5.68. The summed E-state index contributed by atoms with van der Waals surface area (Å²) in [6.45, 7) is 0.723. The van der Waals surface area contributed by atoms with Crippen LogP contribution >= 0.6 is 0 Å². The molecule has 1 N–H and O–H groups in total. The van der Waals surface area contributed by atoms with E-state index in [1.807, 2.05) is 54.6 Å². The van der Waals surface area contributed by atoms with Crippen LogP contribution in [0.5, 0.6) is 5.75 Å². The molecule has 0 saturated heterocycles. The molecule has 0 radical (unpaired) electrons. The Labute approximate surface area is 179 Å². The van der Waals surface area contributed by atoms with Crippen LogP contribution in [0.15, 0.2) is 72.8 Å². The number of ether oxygens (including phenoxy) is 1. The zero-order valence-electron chi connectivity index (χ0n) is 16.7. The van der Waals surface area contributed by atoms with Gasteiger partial charge in [0.05, 0.1) is 30.3 Å². The highest BCUT2D eigenvalue weighted by Gasteiger charge is 2.36. The number of fused-ring (bicyclic) bond motifs is 2. The van der Waals surface area contributed by atoms with E-state index in [0.717, 1.165) is 16.9 Å². The van der Waals surface area contributed by atoms with E-state index in [2.05, 4.69) is 5.32 Å². The topological polar surface area (TPSA) is 75.7 Å². The summed E-state index contributed by atoms with van der Waals surface area (Å²) in [5.74, 6) is -0.235. The lowest BCUT2D eigenvalue weighted by Crippen LogP contribution is -2.32. The standard InChI is InChI=1S/C25H20N2O4/c28-23(26-21-12-13-31-22-9-5-4-8-19(21)22)17-10-11-18-20(14-17)25(30)27(24(18)29)15-16-6-2-1-3-7-16/h1-11,14,21H,12-13,15H2,(H,26,28)/t21-/m1/s1. The number of hydrogen-bond donors (Lipinski definition) is 1. The molecule has 0 aromatic heterocycles. The highest BCUT2D eigenvalue weighted by molar-refractivity contribution is 6.22. The summed E-state index contributed by atoms with van der Waals surface area (Å²) in [6, 6.07) is 21.5. The van der Waals surface area contributed by atoms with Gasteiger partial charge in [-0.3, -0.25) is 19.3 Å². The lowest BCUT2D eigenvalue weighted by atomic mass is 9.99. The van der Waals surface area contributed by atoms with E-state index in [4.69, 9.17) is 4.74 Å². The number of rotatable bonds is 4. The Bertz CT molecular complexity index is 1190. The summed E-state index contributed by atoms with van der Waals surface area (Å²) in [7, 11) is 0. The zero-order chi connectivity index (χ0) is 21.4. The molecular weight excluding hydrogens is 392 g/mol. The summed E-state index contributed by atoms with van der Waals surface area (Å²) < 4.78 is 5.65. The molecule has 0 bridgehead atoms. The SMILES string of the molecule is O=C(N[C@@H]1CCOc2ccccc21)c1ccc2c(c1)C(=O)N(Cc1ccccc1)C2=O. The Balaban J connectivity index is 1.36. The van der Waals surface area contributed by atoms with Crippen molar-refractivity contribution < 1.29 is 19.1 Å². The maximum Gasteiger partial charge on any atom is 0.261 e. The van der Waals surface area contributed by atoms with Gasteiger partial charge in [-0.05, 0) is 29.8 Å². The van der Waals surface area contributed by atoms with Crippen molar-refractivity contribution in [3.8, 4) is 5.75 Å². The molecule has 1 atom stereocenters. The van der Waals surface area contributed by atoms with Crippen LogP contribution < -0.4 is 10.1 Å². The average molecular weight is 412 g/mol. The Morgan fingerprint density at radius 3 is 2.52 bits per heavy atom. The highest BCUT2D eigenvalue weighted by atomic mass is 16.5. The van der Waals surface area contributed by atoms with Crippen LogP contribution in [0.25, 0.3) is 0 Å². The number of amides is 3. The molecule has 6 nitrogen and oxygen atoms in total. The lowest BCUT2D eigenvalue weighted by molar-refractivity contribution is 0.0642. The fourth-order valence-corrected chi connectivity index (χ4v) is 4.08. The number of nitrogens with one attached hydrogen (secondary N) is 1. The van der Waals surface area contributed by atoms with Gasteiger partial charge in [0.1, 0.15) is 5.75 Å². The van der Waals surface area contributed by atoms with Crippen molar-refractivity contribution in [2.45, 2.75) is 19.0 Å². The fourth-order valence-electron chi connectivity index (χ4n) is 4.08. The lowest BCUT2D eigenvalue weighted by Gasteiger charge is -2.26. The molecular formula is C25H20N2O4. The molecule has 31 heavy (non-hydrogen) atoms. The van der Waals surface area contributed by atoms with Gasteiger partial charge in [-0.25, -0.2) is 0 Å². The Morgan fingerprint density at radius 2 is 1.68 bits per heavy atom. The number of imide groups is 1. The van der Waals surface area contributed by atoms with E-state index in [1.165, 1.54) is 11.0 Å². The van der Waals surface area contributed by atoms with Crippen molar-refractivity contribution in [1.82, 2.24) is 10.2 Å². The van der Waals surface area contributed by atoms with E-state index in [1.54, 1.807) is 12.1 Å². The first-order chi connectivity index (χ1) is 15.1. The first-order valence-corrected chi connectivity index (χ1v) is 10.2. The third-order valence-electron chi connectivity index (χ3n) is 5.68. The van der Waals surface area contributed by atoms with Gasteiger partial charge in [-0.15, -0.1) is 0 Å². The average Bonchev–Trinajstić information content (AvgIpc) is 3.04. The van der Waals surface area contributed by atoms with E-state index < -0.39 is 0 Å². The summed E-state index contributed by atoms with van der Waals surface area (Å²) in [6.07, 6.45) is 0.663. The third kappa shape index (κ3) is 3.46. The molecule has 2 aliphatic rings. The summed E-state index contributed by atoms with van der Waals surface area (Å²) in [5.41, 5.74) is 2.75. The molecule has 0 spiro atoms. The molecule has 0 unspecified atom stereocenters. The normalized spacial score (nSPS) is 17.0. The predicted octanol–water partition coefficient (Wildman–Crippen LogP) is 3.74. The zero-order valence-corrected chi connectivity index (χ0v) is 16.7. The predicted molar refractivity (Wildman–Crippen MR) is 114 cm³/mol. The highest BCUT2D eigenvalue weighted by Crippen LogP contribution is 2.32. The van der Waals surface area contributed by atoms with Gasteiger partial charge in [0.15, 0.2) is 0 Å². The quantitative estimate of drug-likeness (QED) is 0.663. The molecule has 3 aromatic carbocycles. The molecule has 2 heterocycles. The maximum atomic E-state index is 12.9. The van der Waals surface area contributed by atoms with Crippen LogP contribution in [0.2, 0.25) is 0 Å². The second-order valence-electron chi connectivity index (χ2n) is 7.64. The van der Waals surface area contributed by atoms with Crippen molar-refractivity contribution in [1.29, 1.82) is 0 Å². The fraction of sp³-hybridized carbons (Fsp3) is 0.160. The van der Waals surface area contributed by atoms with Crippen molar-refractivity contribution in [2.24, 2.45) is 0 Å². The van der Waals surface area contributed by atoms with Crippen molar-refractivity contribution in [3.63, 3.8) is 0 Å². The van der Waals surface area contributed by atoms with E-state index in [9.17, 15) is 14.4 Å². The molecule has 3 amide bonds. The number of carbonyl (C=O) groups is 3. The smallest absolute Gasteiger partial charge is 0.261 e. The minimum atomic E-state index is -0.380. The summed E-state index contributed by atoms with van der Waals surface area (Å²) in [5, 5.41) is 3.03. The van der Waals surface area contributed by atoms with E-state index in [-0.39, 0.29) is 35.9 Å². The van der Waals surface area contributed by atoms with Crippen molar-refractivity contribution in [3.05, 3.63) is 101 Å². The van der Waals surface area contributed by atoms with Gasteiger partial charge in [0, 0.05) is 17.5 Å². The van der Waals surface area contributed by atoms with E-state index in [0.29, 0.717) is 24.2 Å².